The zero-order chi connectivity index (χ0) is 11.7. The highest BCUT2D eigenvalue weighted by Crippen LogP contribution is 2.30. The minimum absolute atomic E-state index is 0.0254. The topological polar surface area (TPSA) is 15.7 Å². The van der Waals surface area contributed by atoms with Crippen molar-refractivity contribution in [3.05, 3.63) is 35.9 Å². The third-order valence-corrected chi connectivity index (χ3v) is 3.63. The molecular weight excluding hydrogens is 200 g/mol. The van der Waals surface area contributed by atoms with Gasteiger partial charge in [-0.15, -0.1) is 0 Å². The monoisotopic (exact) mass is 220 g/mol. The number of benzene rings is 1. The maximum absolute atomic E-state index is 5.93. The molecule has 0 unspecified atom stereocenters. The van der Waals surface area contributed by atoms with Crippen molar-refractivity contribution in [2.24, 2.45) is 0 Å². The first-order valence-corrected chi connectivity index (χ1v) is 5.77. The van der Waals surface area contributed by atoms with Crippen LogP contribution in [-0.4, -0.2) is 36.1 Å². The van der Waals surface area contributed by atoms with Gasteiger partial charge in [0, 0.05) is 19.1 Å². The van der Waals surface area contributed by atoms with E-state index in [2.05, 4.69) is 50.1 Å². The first-order valence-electron chi connectivity index (χ1n) is 5.77. The summed E-state index contributed by atoms with van der Waals surface area (Å²) in [7, 11) is 4.12. The molecule has 1 aromatic rings. The lowest BCUT2D eigenvalue weighted by molar-refractivity contribution is -0.295. The van der Waals surface area contributed by atoms with E-state index in [0.717, 1.165) is 0 Å². The molecule has 0 amide bonds. The molecule has 3 atom stereocenters. The molecule has 1 aliphatic heterocycles. The average Bonchev–Trinajstić information content (AvgIpc) is 2.32. The summed E-state index contributed by atoms with van der Waals surface area (Å²) in [6, 6.07) is 11.2. The van der Waals surface area contributed by atoms with E-state index in [1.807, 2.05) is 18.2 Å². The largest absolute Gasteiger partial charge is 0.275 e. The van der Waals surface area contributed by atoms with E-state index in [9.17, 15) is 0 Å². The second-order valence-electron chi connectivity index (χ2n) is 4.56. The van der Waals surface area contributed by atoms with Crippen LogP contribution in [0.4, 0.5) is 0 Å². The van der Waals surface area contributed by atoms with Crippen molar-refractivity contribution in [1.82, 2.24) is 9.96 Å². The Labute approximate surface area is 97.6 Å². The van der Waals surface area contributed by atoms with E-state index in [0.29, 0.717) is 12.1 Å². The van der Waals surface area contributed by atoms with Gasteiger partial charge in [0.15, 0.2) is 6.23 Å². The number of hydrogen-bond donors (Lipinski definition) is 0. The van der Waals surface area contributed by atoms with Gasteiger partial charge in [-0.25, -0.2) is 0 Å². The Morgan fingerprint density at radius 3 is 2.25 bits per heavy atom. The van der Waals surface area contributed by atoms with Gasteiger partial charge in [0.2, 0.25) is 0 Å². The van der Waals surface area contributed by atoms with E-state index < -0.39 is 0 Å². The van der Waals surface area contributed by atoms with Crippen LogP contribution in [0, 0.1) is 0 Å². The third kappa shape index (κ3) is 1.98. The van der Waals surface area contributed by atoms with Crippen molar-refractivity contribution < 1.29 is 4.84 Å². The summed E-state index contributed by atoms with van der Waals surface area (Å²) >= 11 is 0. The van der Waals surface area contributed by atoms with Crippen LogP contribution in [0.2, 0.25) is 0 Å². The zero-order valence-electron chi connectivity index (χ0n) is 10.4. The predicted octanol–water partition coefficient (Wildman–Crippen LogP) is 2.27. The summed E-state index contributed by atoms with van der Waals surface area (Å²) in [6.07, 6.45) is 0.0254. The summed E-state index contributed by atoms with van der Waals surface area (Å²) in [6.45, 7) is 4.42. The van der Waals surface area contributed by atoms with E-state index in [-0.39, 0.29) is 6.23 Å². The molecule has 0 spiro atoms. The molecule has 88 valence electrons. The second kappa shape index (κ2) is 4.53. The van der Waals surface area contributed by atoms with Crippen molar-refractivity contribution >= 4 is 0 Å². The summed E-state index contributed by atoms with van der Waals surface area (Å²) in [4.78, 5) is 8.20. The lowest BCUT2D eigenvalue weighted by Crippen LogP contribution is -2.54. The quantitative estimate of drug-likeness (QED) is 0.722. The van der Waals surface area contributed by atoms with Crippen LogP contribution in [0.5, 0.6) is 0 Å². The van der Waals surface area contributed by atoms with Gasteiger partial charge in [-0.1, -0.05) is 30.3 Å². The highest BCUT2D eigenvalue weighted by Gasteiger charge is 2.34. The Bertz CT molecular complexity index is 341. The van der Waals surface area contributed by atoms with Crippen LogP contribution in [0.25, 0.3) is 0 Å². The highest BCUT2D eigenvalue weighted by molar-refractivity contribution is 5.17. The van der Waals surface area contributed by atoms with Crippen molar-refractivity contribution in [3.63, 3.8) is 0 Å². The van der Waals surface area contributed by atoms with Gasteiger partial charge in [-0.2, -0.15) is 5.06 Å². The zero-order valence-corrected chi connectivity index (χ0v) is 10.4. The SMILES string of the molecule is C[C@H]1[C@H](C)N(C)[C@H](c2ccccc2)ON1C. The van der Waals surface area contributed by atoms with E-state index in [1.165, 1.54) is 5.56 Å². The fraction of sp³-hybridized carbons (Fsp3) is 0.538. The number of hydroxylamine groups is 2. The Kier molecular flexibility index (Phi) is 3.28. The first kappa shape index (κ1) is 11.6. The molecule has 1 aromatic carbocycles. The van der Waals surface area contributed by atoms with Crippen molar-refractivity contribution in [2.75, 3.05) is 14.1 Å². The highest BCUT2D eigenvalue weighted by atomic mass is 16.7. The average molecular weight is 220 g/mol. The minimum Gasteiger partial charge on any atom is -0.275 e. The summed E-state index contributed by atoms with van der Waals surface area (Å²) < 4.78 is 0. The third-order valence-electron chi connectivity index (χ3n) is 3.63. The van der Waals surface area contributed by atoms with E-state index in [1.54, 1.807) is 0 Å². The first-order chi connectivity index (χ1) is 7.61. The lowest BCUT2D eigenvalue weighted by atomic mass is 10.1. The fourth-order valence-corrected chi connectivity index (χ4v) is 2.10. The molecule has 0 aliphatic carbocycles. The lowest BCUT2D eigenvalue weighted by Gasteiger charge is -2.46. The molecule has 1 heterocycles. The van der Waals surface area contributed by atoms with Crippen LogP contribution in [0.1, 0.15) is 25.6 Å². The Morgan fingerprint density at radius 1 is 1.00 bits per heavy atom. The van der Waals surface area contributed by atoms with Gasteiger partial charge in [-0.3, -0.25) is 9.74 Å². The van der Waals surface area contributed by atoms with Gasteiger partial charge < -0.3 is 0 Å². The van der Waals surface area contributed by atoms with Crippen LogP contribution < -0.4 is 0 Å². The Hall–Kier alpha value is -0.900. The number of rotatable bonds is 1. The molecule has 1 aliphatic rings. The second-order valence-corrected chi connectivity index (χ2v) is 4.56. The number of likely N-dealkylation sites (N-methyl/N-ethyl adjacent to an activating group) is 2. The van der Waals surface area contributed by atoms with Gasteiger partial charge >= 0.3 is 0 Å². The molecule has 0 bridgehead atoms. The van der Waals surface area contributed by atoms with Gasteiger partial charge in [0.25, 0.3) is 0 Å². The van der Waals surface area contributed by atoms with Gasteiger partial charge in [-0.05, 0) is 26.5 Å². The summed E-state index contributed by atoms with van der Waals surface area (Å²) in [5, 5.41) is 1.96. The van der Waals surface area contributed by atoms with Crippen LogP contribution >= 0.6 is 0 Å². The number of hydrogen-bond acceptors (Lipinski definition) is 3. The molecule has 16 heavy (non-hydrogen) atoms. The normalized spacial score (nSPS) is 32.9. The maximum atomic E-state index is 5.93. The van der Waals surface area contributed by atoms with Gasteiger partial charge in [0.1, 0.15) is 0 Å². The molecule has 1 fully saturated rings. The fourth-order valence-electron chi connectivity index (χ4n) is 2.10. The maximum Gasteiger partial charge on any atom is 0.158 e. The van der Waals surface area contributed by atoms with Crippen LogP contribution in [-0.2, 0) is 4.84 Å². The molecule has 3 heteroatoms. The molecule has 2 rings (SSSR count). The van der Waals surface area contributed by atoms with Crippen LogP contribution in [0.3, 0.4) is 0 Å². The standard InChI is InChI=1S/C13H20N2O/c1-10-11(2)15(4)16-13(14(10)3)12-8-6-5-7-9-12/h5-11,13H,1-4H3/t10-,11-,13-/m0/s1. The van der Waals surface area contributed by atoms with Gasteiger partial charge in [0.05, 0.1) is 0 Å². The van der Waals surface area contributed by atoms with Crippen molar-refractivity contribution in [1.29, 1.82) is 0 Å². The predicted molar refractivity (Wildman–Crippen MR) is 64.7 cm³/mol. The minimum atomic E-state index is 0.0254. The van der Waals surface area contributed by atoms with Crippen molar-refractivity contribution in [2.45, 2.75) is 32.2 Å². The molecule has 1 saturated heterocycles. The molecule has 0 saturated carbocycles. The number of nitrogens with zero attached hydrogens (tertiary/aromatic N) is 2. The van der Waals surface area contributed by atoms with Crippen molar-refractivity contribution in [3.8, 4) is 0 Å². The smallest absolute Gasteiger partial charge is 0.158 e. The summed E-state index contributed by atoms with van der Waals surface area (Å²) in [5.74, 6) is 0. The molecular formula is C13H20N2O. The van der Waals surface area contributed by atoms with Crippen LogP contribution in [0.15, 0.2) is 30.3 Å². The van der Waals surface area contributed by atoms with E-state index in [4.69, 9.17) is 4.84 Å². The summed E-state index contributed by atoms with van der Waals surface area (Å²) in [5.41, 5.74) is 1.20. The van der Waals surface area contributed by atoms with E-state index >= 15 is 0 Å². The Balaban J connectivity index is 2.23. The molecule has 0 radical (unpaired) electrons. The molecule has 3 nitrogen and oxygen atoms in total. The molecule has 0 aromatic heterocycles. The molecule has 0 N–H and O–H groups in total. The Morgan fingerprint density at radius 2 is 1.62 bits per heavy atom.